The molecule has 0 bridgehead atoms. The standard InChI is InChI=1S/C26H27N3O6S/c1-5-34-25(31)23-16(2)27-26-29(12-13-36-26)24(23)17-6-11-20(21(14-17)33-4)35-15-22(30)28-18-7-9-19(32-3)10-8-18/h6-14,24H,5,15H2,1-4H3,(H,28,30)/t24-/m0/s1. The molecule has 4 rings (SSSR count). The molecule has 0 saturated carbocycles. The van der Waals surface area contributed by atoms with Gasteiger partial charge in [-0.2, -0.15) is 0 Å². The predicted molar refractivity (Wildman–Crippen MR) is 138 cm³/mol. The third-order valence-corrected chi connectivity index (χ3v) is 6.32. The Morgan fingerprint density at radius 2 is 1.86 bits per heavy atom. The van der Waals surface area contributed by atoms with Gasteiger partial charge in [-0.25, -0.2) is 9.79 Å². The number of aliphatic imine (C=N–C) groups is 1. The van der Waals surface area contributed by atoms with Gasteiger partial charge in [-0.3, -0.25) is 4.79 Å². The Morgan fingerprint density at radius 3 is 2.56 bits per heavy atom. The molecule has 36 heavy (non-hydrogen) atoms. The maximum absolute atomic E-state index is 12.9. The van der Waals surface area contributed by atoms with Crippen molar-refractivity contribution in [3.05, 3.63) is 70.9 Å². The Kier molecular flexibility index (Phi) is 7.84. The van der Waals surface area contributed by atoms with Crippen LogP contribution in [0, 0.1) is 0 Å². The number of amidine groups is 1. The fourth-order valence-corrected chi connectivity index (χ4v) is 4.68. The van der Waals surface area contributed by atoms with Gasteiger partial charge in [0.05, 0.1) is 38.1 Å². The smallest absolute Gasteiger partial charge is 0.338 e. The SMILES string of the molecule is CCOC(=O)C1=C(C)N=C2SC=CN2[C@H]1c1ccc(OCC(=O)Nc2ccc(OC)cc2)c(OC)c1. The number of nitrogens with zero attached hydrogens (tertiary/aromatic N) is 2. The van der Waals surface area contributed by atoms with Gasteiger partial charge < -0.3 is 29.2 Å². The highest BCUT2D eigenvalue weighted by Gasteiger charge is 2.37. The van der Waals surface area contributed by atoms with E-state index in [2.05, 4.69) is 10.3 Å². The first kappa shape index (κ1) is 25.2. The Balaban J connectivity index is 1.53. The average molecular weight is 510 g/mol. The second-order valence-corrected chi connectivity index (χ2v) is 8.68. The van der Waals surface area contributed by atoms with E-state index in [-0.39, 0.29) is 19.1 Å². The van der Waals surface area contributed by atoms with Crippen molar-refractivity contribution in [2.45, 2.75) is 19.9 Å². The van der Waals surface area contributed by atoms with E-state index in [9.17, 15) is 9.59 Å². The summed E-state index contributed by atoms with van der Waals surface area (Å²) in [6.07, 6.45) is 1.89. The molecule has 2 heterocycles. The lowest BCUT2D eigenvalue weighted by molar-refractivity contribution is -0.139. The van der Waals surface area contributed by atoms with Crippen molar-refractivity contribution in [3.8, 4) is 17.2 Å². The number of anilines is 1. The number of esters is 1. The predicted octanol–water partition coefficient (Wildman–Crippen LogP) is 4.49. The number of thioether (sulfide) groups is 1. The Labute approximate surface area is 213 Å². The number of carbonyl (C=O) groups is 2. The summed E-state index contributed by atoms with van der Waals surface area (Å²) in [7, 11) is 3.10. The van der Waals surface area contributed by atoms with Crippen molar-refractivity contribution in [2.75, 3.05) is 32.8 Å². The number of amides is 1. The number of hydrogen-bond acceptors (Lipinski definition) is 9. The van der Waals surface area contributed by atoms with Crippen molar-refractivity contribution in [1.82, 2.24) is 4.90 Å². The van der Waals surface area contributed by atoms with Gasteiger partial charge in [0.2, 0.25) is 0 Å². The second kappa shape index (κ2) is 11.2. The monoisotopic (exact) mass is 509 g/mol. The maximum atomic E-state index is 12.9. The molecule has 0 unspecified atom stereocenters. The summed E-state index contributed by atoms with van der Waals surface area (Å²) in [5.41, 5.74) is 2.49. The molecule has 2 aromatic rings. The van der Waals surface area contributed by atoms with Crippen molar-refractivity contribution in [3.63, 3.8) is 0 Å². The lowest BCUT2D eigenvalue weighted by atomic mass is 9.94. The lowest BCUT2D eigenvalue weighted by Gasteiger charge is -2.33. The highest BCUT2D eigenvalue weighted by Crippen LogP contribution is 2.43. The van der Waals surface area contributed by atoms with Crippen molar-refractivity contribution in [1.29, 1.82) is 0 Å². The first-order chi connectivity index (χ1) is 17.4. The Morgan fingerprint density at radius 1 is 1.08 bits per heavy atom. The second-order valence-electron chi connectivity index (χ2n) is 7.80. The Bertz CT molecular complexity index is 1240. The zero-order valence-corrected chi connectivity index (χ0v) is 21.3. The van der Waals surface area contributed by atoms with Crippen LogP contribution in [0.3, 0.4) is 0 Å². The minimum absolute atomic E-state index is 0.208. The minimum atomic E-state index is -0.441. The van der Waals surface area contributed by atoms with Gasteiger partial charge in [0.25, 0.3) is 5.91 Å². The van der Waals surface area contributed by atoms with E-state index in [1.54, 1.807) is 57.4 Å². The first-order valence-corrected chi connectivity index (χ1v) is 12.2. The minimum Gasteiger partial charge on any atom is -0.497 e. The van der Waals surface area contributed by atoms with E-state index < -0.39 is 12.0 Å². The van der Waals surface area contributed by atoms with E-state index in [1.807, 2.05) is 22.6 Å². The van der Waals surface area contributed by atoms with E-state index in [0.717, 1.165) is 10.7 Å². The van der Waals surface area contributed by atoms with Crippen LogP contribution in [0.25, 0.3) is 0 Å². The van der Waals surface area contributed by atoms with Gasteiger partial charge in [-0.05, 0) is 61.2 Å². The quantitative estimate of drug-likeness (QED) is 0.494. The van der Waals surface area contributed by atoms with Crippen LogP contribution in [-0.2, 0) is 14.3 Å². The Hall–Kier alpha value is -3.92. The molecular weight excluding hydrogens is 482 g/mol. The number of nitrogens with one attached hydrogen (secondary N) is 1. The molecule has 2 aromatic carbocycles. The number of carbonyl (C=O) groups excluding carboxylic acids is 2. The van der Waals surface area contributed by atoms with Crippen molar-refractivity contribution in [2.24, 2.45) is 4.99 Å². The van der Waals surface area contributed by atoms with Gasteiger partial charge in [-0.15, -0.1) is 0 Å². The van der Waals surface area contributed by atoms with Crippen LogP contribution >= 0.6 is 11.8 Å². The summed E-state index contributed by atoms with van der Waals surface area (Å²) in [6, 6.07) is 11.9. The topological polar surface area (TPSA) is 98.7 Å². The number of allylic oxidation sites excluding steroid dienone is 1. The molecule has 0 saturated heterocycles. The van der Waals surface area contributed by atoms with Gasteiger partial charge in [-0.1, -0.05) is 17.8 Å². The summed E-state index contributed by atoms with van der Waals surface area (Å²) in [6.45, 7) is 3.63. The van der Waals surface area contributed by atoms with Crippen LogP contribution in [0.2, 0.25) is 0 Å². The molecule has 2 aliphatic rings. The molecule has 1 amide bonds. The number of hydrogen-bond donors (Lipinski definition) is 1. The zero-order chi connectivity index (χ0) is 25.7. The van der Waals surface area contributed by atoms with E-state index in [0.29, 0.717) is 34.2 Å². The lowest BCUT2D eigenvalue weighted by Crippen LogP contribution is -2.34. The van der Waals surface area contributed by atoms with Crippen LogP contribution in [0.1, 0.15) is 25.5 Å². The maximum Gasteiger partial charge on any atom is 0.338 e. The summed E-state index contributed by atoms with van der Waals surface area (Å²) in [5.74, 6) is 0.806. The molecule has 1 N–H and O–H groups in total. The fraction of sp³-hybridized carbons (Fsp3) is 0.269. The number of ether oxygens (including phenoxy) is 4. The summed E-state index contributed by atoms with van der Waals surface area (Å²) in [5, 5.41) is 5.47. The van der Waals surface area contributed by atoms with Crippen molar-refractivity contribution < 1.29 is 28.5 Å². The van der Waals surface area contributed by atoms with Crippen LogP contribution in [0.5, 0.6) is 17.2 Å². The molecular formula is C26H27N3O6S. The molecule has 10 heteroatoms. The highest BCUT2D eigenvalue weighted by molar-refractivity contribution is 8.16. The molecule has 0 fully saturated rings. The molecule has 9 nitrogen and oxygen atoms in total. The fourth-order valence-electron chi connectivity index (χ4n) is 3.89. The van der Waals surface area contributed by atoms with E-state index in [1.165, 1.54) is 18.9 Å². The van der Waals surface area contributed by atoms with E-state index >= 15 is 0 Å². The number of methoxy groups -OCH3 is 2. The largest absolute Gasteiger partial charge is 0.497 e. The number of fused-ring (bicyclic) bond motifs is 1. The summed E-state index contributed by atoms with van der Waals surface area (Å²) >= 11 is 1.48. The average Bonchev–Trinajstić information content (AvgIpc) is 3.35. The third-order valence-electron chi connectivity index (χ3n) is 5.55. The van der Waals surface area contributed by atoms with E-state index in [4.69, 9.17) is 18.9 Å². The zero-order valence-electron chi connectivity index (χ0n) is 20.4. The molecule has 0 aromatic heterocycles. The van der Waals surface area contributed by atoms with Gasteiger partial charge in [0, 0.05) is 11.9 Å². The van der Waals surface area contributed by atoms with Crippen LogP contribution in [0.15, 0.2) is 70.3 Å². The molecule has 0 spiro atoms. The molecule has 2 aliphatic heterocycles. The molecule has 188 valence electrons. The van der Waals surface area contributed by atoms with Crippen molar-refractivity contribution >= 4 is 34.5 Å². The number of benzene rings is 2. The first-order valence-electron chi connectivity index (χ1n) is 11.3. The van der Waals surface area contributed by atoms with Gasteiger partial charge >= 0.3 is 5.97 Å². The van der Waals surface area contributed by atoms with Crippen LogP contribution < -0.4 is 19.5 Å². The molecule has 0 radical (unpaired) electrons. The highest BCUT2D eigenvalue weighted by atomic mass is 32.2. The van der Waals surface area contributed by atoms with Crippen LogP contribution in [-0.4, -0.2) is 49.4 Å². The molecule has 1 atom stereocenters. The van der Waals surface area contributed by atoms with Gasteiger partial charge in [0.15, 0.2) is 23.3 Å². The summed E-state index contributed by atoms with van der Waals surface area (Å²) < 4.78 is 21.8. The normalized spacial score (nSPS) is 16.3. The molecule has 0 aliphatic carbocycles. The summed E-state index contributed by atoms with van der Waals surface area (Å²) in [4.78, 5) is 31.8. The third kappa shape index (κ3) is 5.33. The van der Waals surface area contributed by atoms with Crippen LogP contribution in [0.4, 0.5) is 5.69 Å². The van der Waals surface area contributed by atoms with Gasteiger partial charge in [0.1, 0.15) is 5.75 Å². The number of rotatable bonds is 9.